The Labute approximate surface area is 137 Å². The van der Waals surface area contributed by atoms with Gasteiger partial charge in [0.1, 0.15) is 0 Å². The fourth-order valence-electron chi connectivity index (χ4n) is 2.73. The predicted octanol–water partition coefficient (Wildman–Crippen LogP) is 2.89. The molecule has 1 fully saturated rings. The van der Waals surface area contributed by atoms with E-state index >= 15 is 0 Å². The minimum absolute atomic E-state index is 0.166. The Morgan fingerprint density at radius 3 is 2.35 bits per heavy atom. The lowest BCUT2D eigenvalue weighted by molar-refractivity contribution is -0.120. The number of hydrogen-bond donors (Lipinski definition) is 1. The molecule has 1 aliphatic rings. The summed E-state index contributed by atoms with van der Waals surface area (Å²) < 4.78 is 0. The summed E-state index contributed by atoms with van der Waals surface area (Å²) in [6, 6.07) is 16.6. The van der Waals surface area contributed by atoms with Crippen molar-refractivity contribution < 1.29 is 4.79 Å². The van der Waals surface area contributed by atoms with E-state index in [1.807, 2.05) is 36.2 Å². The minimum atomic E-state index is 0.166. The van der Waals surface area contributed by atoms with Crippen LogP contribution in [0.3, 0.4) is 0 Å². The van der Waals surface area contributed by atoms with E-state index in [1.54, 1.807) is 0 Å². The van der Waals surface area contributed by atoms with Gasteiger partial charge in [0.05, 0.1) is 6.54 Å². The second kappa shape index (κ2) is 6.84. The molecule has 1 heterocycles. The van der Waals surface area contributed by atoms with Crippen LogP contribution >= 0.6 is 0 Å². The molecule has 2 aromatic carbocycles. The van der Waals surface area contributed by atoms with Gasteiger partial charge in [-0.05, 0) is 43.8 Å². The van der Waals surface area contributed by atoms with E-state index in [0.29, 0.717) is 6.54 Å². The fourth-order valence-corrected chi connectivity index (χ4v) is 2.73. The normalized spacial score (nSPS) is 15.7. The van der Waals surface area contributed by atoms with Gasteiger partial charge in [-0.1, -0.05) is 29.8 Å². The Kier molecular flexibility index (Phi) is 4.63. The zero-order valence-electron chi connectivity index (χ0n) is 13.7. The number of nitrogens with zero attached hydrogens (tertiary/aromatic N) is 2. The van der Waals surface area contributed by atoms with E-state index in [9.17, 15) is 4.79 Å². The van der Waals surface area contributed by atoms with Crippen LogP contribution < -0.4 is 10.2 Å². The lowest BCUT2D eigenvalue weighted by Crippen LogP contribution is -2.48. The molecular formula is C19H23N3O. The summed E-state index contributed by atoms with van der Waals surface area (Å²) in [4.78, 5) is 16.0. The van der Waals surface area contributed by atoms with Gasteiger partial charge in [0.15, 0.2) is 0 Å². The summed E-state index contributed by atoms with van der Waals surface area (Å²) in [5.41, 5.74) is 4.57. The van der Waals surface area contributed by atoms with Crippen molar-refractivity contribution in [2.75, 3.05) is 36.9 Å². The number of benzene rings is 2. The molecule has 0 radical (unpaired) electrons. The number of nitrogens with one attached hydrogen (secondary N) is 1. The fraction of sp³-hybridized carbons (Fsp3) is 0.316. The molecule has 0 bridgehead atoms. The Morgan fingerprint density at radius 2 is 1.70 bits per heavy atom. The first-order chi connectivity index (χ1) is 11.1. The SMILES string of the molecule is Cc1ccc(CNc2ccc(N3CCN(C)CC3=O)cc2)cc1. The van der Waals surface area contributed by atoms with Crippen molar-refractivity contribution in [1.29, 1.82) is 0 Å². The molecule has 0 spiro atoms. The number of aryl methyl sites for hydroxylation is 1. The molecule has 120 valence electrons. The number of amides is 1. The van der Waals surface area contributed by atoms with Crippen molar-refractivity contribution in [2.24, 2.45) is 0 Å². The molecule has 4 heteroatoms. The molecule has 0 aliphatic carbocycles. The Bertz CT molecular complexity index is 664. The Morgan fingerprint density at radius 1 is 1.00 bits per heavy atom. The van der Waals surface area contributed by atoms with Gasteiger partial charge in [-0.2, -0.15) is 0 Å². The highest BCUT2D eigenvalue weighted by Gasteiger charge is 2.22. The molecule has 1 saturated heterocycles. The molecule has 23 heavy (non-hydrogen) atoms. The molecule has 4 nitrogen and oxygen atoms in total. The van der Waals surface area contributed by atoms with Crippen LogP contribution in [-0.2, 0) is 11.3 Å². The number of anilines is 2. The number of carbonyl (C=O) groups is 1. The maximum absolute atomic E-state index is 12.1. The van der Waals surface area contributed by atoms with Gasteiger partial charge in [-0.15, -0.1) is 0 Å². The Balaban J connectivity index is 1.60. The quantitative estimate of drug-likeness (QED) is 0.943. The molecule has 1 amide bonds. The summed E-state index contributed by atoms with van der Waals surface area (Å²) in [5.74, 6) is 0.166. The van der Waals surface area contributed by atoms with Crippen molar-refractivity contribution in [3.63, 3.8) is 0 Å². The molecule has 0 atom stereocenters. The maximum atomic E-state index is 12.1. The first-order valence-electron chi connectivity index (χ1n) is 8.00. The second-order valence-electron chi connectivity index (χ2n) is 6.17. The van der Waals surface area contributed by atoms with Crippen LogP contribution in [0.15, 0.2) is 48.5 Å². The van der Waals surface area contributed by atoms with Gasteiger partial charge in [-0.25, -0.2) is 0 Å². The highest BCUT2D eigenvalue weighted by Crippen LogP contribution is 2.20. The molecule has 1 N–H and O–H groups in total. The van der Waals surface area contributed by atoms with Crippen LogP contribution in [0.25, 0.3) is 0 Å². The van der Waals surface area contributed by atoms with E-state index in [1.165, 1.54) is 11.1 Å². The van der Waals surface area contributed by atoms with E-state index in [4.69, 9.17) is 0 Å². The number of hydrogen-bond acceptors (Lipinski definition) is 3. The molecule has 1 aliphatic heterocycles. The highest BCUT2D eigenvalue weighted by molar-refractivity contribution is 5.95. The second-order valence-corrected chi connectivity index (χ2v) is 6.17. The summed E-state index contributed by atoms with van der Waals surface area (Å²) in [5, 5.41) is 3.42. The third kappa shape index (κ3) is 3.90. The number of rotatable bonds is 4. The lowest BCUT2D eigenvalue weighted by atomic mass is 10.1. The predicted molar refractivity (Wildman–Crippen MR) is 94.8 cm³/mol. The van der Waals surface area contributed by atoms with Gasteiger partial charge in [-0.3, -0.25) is 9.69 Å². The summed E-state index contributed by atoms with van der Waals surface area (Å²) in [6.45, 7) is 5.06. The van der Waals surface area contributed by atoms with Crippen LogP contribution in [0.1, 0.15) is 11.1 Å². The smallest absolute Gasteiger partial charge is 0.241 e. The van der Waals surface area contributed by atoms with Crippen molar-refractivity contribution >= 4 is 17.3 Å². The topological polar surface area (TPSA) is 35.6 Å². The van der Waals surface area contributed by atoms with E-state index < -0.39 is 0 Å². The molecule has 0 unspecified atom stereocenters. The molecule has 2 aromatic rings. The van der Waals surface area contributed by atoms with E-state index in [-0.39, 0.29) is 5.91 Å². The van der Waals surface area contributed by atoms with Crippen LogP contribution in [0.5, 0.6) is 0 Å². The van der Waals surface area contributed by atoms with Crippen LogP contribution in [-0.4, -0.2) is 37.5 Å². The first kappa shape index (κ1) is 15.6. The number of piperazine rings is 1. The molecular weight excluding hydrogens is 286 g/mol. The summed E-state index contributed by atoms with van der Waals surface area (Å²) in [7, 11) is 1.98. The van der Waals surface area contributed by atoms with Gasteiger partial charge >= 0.3 is 0 Å². The maximum Gasteiger partial charge on any atom is 0.241 e. The van der Waals surface area contributed by atoms with Gasteiger partial charge in [0.2, 0.25) is 5.91 Å². The van der Waals surface area contributed by atoms with Gasteiger partial charge < -0.3 is 10.2 Å². The molecule has 0 saturated carbocycles. The van der Waals surface area contributed by atoms with Gasteiger partial charge in [0, 0.05) is 31.0 Å². The average Bonchev–Trinajstić information content (AvgIpc) is 2.55. The van der Waals surface area contributed by atoms with Crippen molar-refractivity contribution in [1.82, 2.24) is 4.90 Å². The third-order valence-corrected chi connectivity index (χ3v) is 4.21. The minimum Gasteiger partial charge on any atom is -0.381 e. The summed E-state index contributed by atoms with van der Waals surface area (Å²) in [6.07, 6.45) is 0. The van der Waals surface area contributed by atoms with Crippen LogP contribution in [0.2, 0.25) is 0 Å². The first-order valence-corrected chi connectivity index (χ1v) is 8.00. The van der Waals surface area contributed by atoms with Crippen molar-refractivity contribution in [3.05, 3.63) is 59.7 Å². The van der Waals surface area contributed by atoms with Crippen LogP contribution in [0, 0.1) is 6.92 Å². The lowest BCUT2D eigenvalue weighted by Gasteiger charge is -2.32. The molecule has 3 rings (SSSR count). The third-order valence-electron chi connectivity index (χ3n) is 4.21. The monoisotopic (exact) mass is 309 g/mol. The van der Waals surface area contributed by atoms with Gasteiger partial charge in [0.25, 0.3) is 0 Å². The highest BCUT2D eigenvalue weighted by atomic mass is 16.2. The summed E-state index contributed by atoms with van der Waals surface area (Å²) >= 11 is 0. The van der Waals surface area contributed by atoms with Crippen LogP contribution in [0.4, 0.5) is 11.4 Å². The molecule has 0 aromatic heterocycles. The number of carbonyl (C=O) groups excluding carboxylic acids is 1. The average molecular weight is 309 g/mol. The van der Waals surface area contributed by atoms with E-state index in [0.717, 1.165) is 31.0 Å². The van der Waals surface area contributed by atoms with Crippen molar-refractivity contribution in [3.8, 4) is 0 Å². The zero-order valence-corrected chi connectivity index (χ0v) is 13.7. The Hall–Kier alpha value is -2.33. The largest absolute Gasteiger partial charge is 0.381 e. The zero-order chi connectivity index (χ0) is 16.2. The standard InChI is InChI=1S/C19H23N3O/c1-15-3-5-16(6-4-15)13-20-17-7-9-18(10-8-17)22-12-11-21(2)14-19(22)23/h3-10,20H,11-14H2,1-2H3. The van der Waals surface area contributed by atoms with E-state index in [2.05, 4.69) is 41.4 Å². The number of likely N-dealkylation sites (N-methyl/N-ethyl adjacent to an activating group) is 1. The van der Waals surface area contributed by atoms with Crippen molar-refractivity contribution in [2.45, 2.75) is 13.5 Å².